The lowest BCUT2D eigenvalue weighted by atomic mass is 10.3. The zero-order chi connectivity index (χ0) is 17.8. The Morgan fingerprint density at radius 2 is 2.12 bits per heavy atom. The summed E-state index contributed by atoms with van der Waals surface area (Å²) in [4.78, 5) is 24.0. The molecule has 0 atom stereocenters. The van der Waals surface area contributed by atoms with E-state index in [1.54, 1.807) is 16.2 Å². The molecular formula is C18H23N5OS. The predicted molar refractivity (Wildman–Crippen MR) is 101 cm³/mol. The van der Waals surface area contributed by atoms with E-state index >= 15 is 0 Å². The fraction of sp³-hybridized carbons (Fsp3) is 0.389. The Morgan fingerprint density at radius 1 is 1.32 bits per heavy atom. The summed E-state index contributed by atoms with van der Waals surface area (Å²) < 4.78 is 2.08. The van der Waals surface area contributed by atoms with Crippen LogP contribution in [0.2, 0.25) is 0 Å². The van der Waals surface area contributed by atoms with Crippen LogP contribution in [0.5, 0.6) is 0 Å². The normalized spacial score (nSPS) is 11.0. The Morgan fingerprint density at radius 3 is 2.84 bits per heavy atom. The largest absolute Gasteiger partial charge is 0.338 e. The van der Waals surface area contributed by atoms with Gasteiger partial charge in [-0.15, -0.1) is 11.3 Å². The van der Waals surface area contributed by atoms with Crippen molar-refractivity contribution in [1.29, 1.82) is 0 Å². The first kappa shape index (κ1) is 17.4. The van der Waals surface area contributed by atoms with Crippen molar-refractivity contribution in [3.63, 3.8) is 0 Å². The molecule has 0 radical (unpaired) electrons. The molecule has 0 aliphatic heterocycles. The first-order chi connectivity index (χ1) is 12.1. The molecule has 2 amide bonds. The maximum absolute atomic E-state index is 12.2. The number of thiazole rings is 1. The van der Waals surface area contributed by atoms with Crippen LogP contribution in [0.25, 0.3) is 11.0 Å². The van der Waals surface area contributed by atoms with E-state index in [2.05, 4.69) is 25.9 Å². The SMILES string of the molecule is Cc1ncsc1CCN(C)C(=O)NCCc1nc2ccccc2n1C. The molecule has 0 saturated carbocycles. The topological polar surface area (TPSA) is 63.1 Å². The monoisotopic (exact) mass is 357 g/mol. The van der Waals surface area contributed by atoms with Gasteiger partial charge in [-0.25, -0.2) is 14.8 Å². The Hall–Kier alpha value is -2.41. The number of carbonyl (C=O) groups is 1. The second-order valence-corrected chi connectivity index (χ2v) is 7.03. The summed E-state index contributed by atoms with van der Waals surface area (Å²) >= 11 is 1.64. The van der Waals surface area contributed by atoms with Gasteiger partial charge in [-0.05, 0) is 19.1 Å². The summed E-state index contributed by atoms with van der Waals surface area (Å²) in [6.45, 7) is 3.25. The van der Waals surface area contributed by atoms with E-state index in [1.165, 1.54) is 4.88 Å². The molecule has 1 aromatic carbocycles. The van der Waals surface area contributed by atoms with Crippen LogP contribution in [-0.4, -0.2) is 45.6 Å². The highest BCUT2D eigenvalue weighted by Gasteiger charge is 2.11. The first-order valence-corrected chi connectivity index (χ1v) is 9.22. The summed E-state index contributed by atoms with van der Waals surface area (Å²) in [6, 6.07) is 8.00. The van der Waals surface area contributed by atoms with Crippen molar-refractivity contribution in [2.75, 3.05) is 20.1 Å². The van der Waals surface area contributed by atoms with Crippen molar-refractivity contribution in [1.82, 2.24) is 24.8 Å². The van der Waals surface area contributed by atoms with Gasteiger partial charge >= 0.3 is 6.03 Å². The smallest absolute Gasteiger partial charge is 0.317 e. The third kappa shape index (κ3) is 3.99. The minimum Gasteiger partial charge on any atom is -0.338 e. The van der Waals surface area contributed by atoms with Crippen LogP contribution in [0.4, 0.5) is 4.79 Å². The van der Waals surface area contributed by atoms with E-state index in [1.807, 2.05) is 44.7 Å². The van der Waals surface area contributed by atoms with Gasteiger partial charge in [0.05, 0.1) is 22.2 Å². The molecule has 132 valence electrons. The second kappa shape index (κ2) is 7.65. The lowest BCUT2D eigenvalue weighted by Crippen LogP contribution is -2.39. The molecule has 6 nitrogen and oxygen atoms in total. The fourth-order valence-electron chi connectivity index (χ4n) is 2.77. The fourth-order valence-corrected chi connectivity index (χ4v) is 3.54. The average molecular weight is 357 g/mol. The number of urea groups is 1. The summed E-state index contributed by atoms with van der Waals surface area (Å²) in [5.74, 6) is 0.976. The third-order valence-corrected chi connectivity index (χ3v) is 5.37. The van der Waals surface area contributed by atoms with Crippen LogP contribution >= 0.6 is 11.3 Å². The van der Waals surface area contributed by atoms with Crippen molar-refractivity contribution >= 4 is 28.4 Å². The highest BCUT2D eigenvalue weighted by atomic mass is 32.1. The average Bonchev–Trinajstić information content (AvgIpc) is 3.16. The Labute approximate surface area is 151 Å². The lowest BCUT2D eigenvalue weighted by molar-refractivity contribution is 0.209. The number of fused-ring (bicyclic) bond motifs is 1. The molecule has 1 N–H and O–H groups in total. The van der Waals surface area contributed by atoms with Crippen molar-refractivity contribution in [3.8, 4) is 0 Å². The Balaban J connectivity index is 1.48. The van der Waals surface area contributed by atoms with Crippen LogP contribution < -0.4 is 5.32 Å². The molecule has 0 bridgehead atoms. The van der Waals surface area contributed by atoms with E-state index in [9.17, 15) is 4.79 Å². The standard InChI is InChI=1S/C18H23N5OS/c1-13-16(25-12-20-13)9-11-22(2)18(24)19-10-8-17-21-14-6-4-5-7-15(14)23(17)3/h4-7,12H,8-11H2,1-3H3,(H,19,24). The van der Waals surface area contributed by atoms with E-state index in [4.69, 9.17) is 0 Å². The number of benzene rings is 1. The minimum atomic E-state index is -0.0547. The highest BCUT2D eigenvalue weighted by molar-refractivity contribution is 7.09. The van der Waals surface area contributed by atoms with E-state index in [0.717, 1.165) is 29.0 Å². The number of imidazole rings is 1. The maximum Gasteiger partial charge on any atom is 0.317 e. The molecule has 3 rings (SSSR count). The minimum absolute atomic E-state index is 0.0547. The maximum atomic E-state index is 12.2. The molecule has 0 fully saturated rings. The number of aromatic nitrogens is 3. The van der Waals surface area contributed by atoms with Gasteiger partial charge in [0.15, 0.2) is 0 Å². The number of rotatable bonds is 6. The van der Waals surface area contributed by atoms with Crippen molar-refractivity contribution < 1.29 is 4.79 Å². The number of hydrogen-bond acceptors (Lipinski definition) is 4. The Bertz CT molecular complexity index is 869. The van der Waals surface area contributed by atoms with E-state index in [-0.39, 0.29) is 6.03 Å². The van der Waals surface area contributed by atoms with Gasteiger partial charge in [0, 0.05) is 44.9 Å². The molecule has 0 saturated heterocycles. The van der Waals surface area contributed by atoms with Crippen molar-refractivity contribution in [2.45, 2.75) is 19.8 Å². The zero-order valence-electron chi connectivity index (χ0n) is 14.8. The molecule has 3 aromatic rings. The van der Waals surface area contributed by atoms with Crippen LogP contribution in [0.15, 0.2) is 29.8 Å². The van der Waals surface area contributed by atoms with Crippen molar-refractivity contribution in [3.05, 3.63) is 46.2 Å². The second-order valence-electron chi connectivity index (χ2n) is 6.09. The molecule has 0 spiro atoms. The third-order valence-electron chi connectivity index (χ3n) is 4.37. The number of nitrogens with one attached hydrogen (secondary N) is 1. The summed E-state index contributed by atoms with van der Waals surface area (Å²) in [7, 11) is 3.83. The van der Waals surface area contributed by atoms with Gasteiger partial charge in [0.25, 0.3) is 0 Å². The zero-order valence-corrected chi connectivity index (χ0v) is 15.6. The number of carbonyl (C=O) groups excluding carboxylic acids is 1. The number of para-hydroxylation sites is 2. The predicted octanol–water partition coefficient (Wildman–Crippen LogP) is 2.76. The molecule has 2 heterocycles. The van der Waals surface area contributed by atoms with Crippen molar-refractivity contribution in [2.24, 2.45) is 7.05 Å². The van der Waals surface area contributed by atoms with Gasteiger partial charge in [-0.3, -0.25) is 0 Å². The van der Waals surface area contributed by atoms with Gasteiger partial charge in [-0.1, -0.05) is 12.1 Å². The molecule has 25 heavy (non-hydrogen) atoms. The van der Waals surface area contributed by atoms with Crippen LogP contribution in [0, 0.1) is 6.92 Å². The summed E-state index contributed by atoms with van der Waals surface area (Å²) in [5.41, 5.74) is 5.01. The quantitative estimate of drug-likeness (QED) is 0.738. The highest BCUT2D eigenvalue weighted by Crippen LogP contribution is 2.14. The number of aryl methyl sites for hydroxylation is 2. The summed E-state index contributed by atoms with van der Waals surface area (Å²) in [5, 5.41) is 2.97. The summed E-state index contributed by atoms with van der Waals surface area (Å²) in [6.07, 6.45) is 1.55. The van der Waals surface area contributed by atoms with Crippen LogP contribution in [0.3, 0.4) is 0 Å². The number of nitrogens with zero attached hydrogens (tertiary/aromatic N) is 4. The number of amides is 2. The molecule has 7 heteroatoms. The van der Waals surface area contributed by atoms with E-state index in [0.29, 0.717) is 19.5 Å². The van der Waals surface area contributed by atoms with Gasteiger partial charge in [0.2, 0.25) is 0 Å². The molecule has 0 aliphatic rings. The van der Waals surface area contributed by atoms with Gasteiger partial charge in [-0.2, -0.15) is 0 Å². The van der Waals surface area contributed by atoms with Crippen LogP contribution in [0.1, 0.15) is 16.4 Å². The van der Waals surface area contributed by atoms with Gasteiger partial charge in [0.1, 0.15) is 5.82 Å². The van der Waals surface area contributed by atoms with Crippen LogP contribution in [-0.2, 0) is 19.9 Å². The molecule has 0 unspecified atom stereocenters. The molecule has 0 aliphatic carbocycles. The van der Waals surface area contributed by atoms with E-state index < -0.39 is 0 Å². The number of hydrogen-bond donors (Lipinski definition) is 1. The first-order valence-electron chi connectivity index (χ1n) is 8.34. The van der Waals surface area contributed by atoms with Gasteiger partial charge < -0.3 is 14.8 Å². The molecular weight excluding hydrogens is 334 g/mol. The Kier molecular flexibility index (Phi) is 5.33. The number of likely N-dealkylation sites (N-methyl/N-ethyl adjacent to an activating group) is 1. The molecule has 2 aromatic heterocycles. The lowest BCUT2D eigenvalue weighted by Gasteiger charge is -2.17.